The Bertz CT molecular complexity index is 825. The van der Waals surface area contributed by atoms with Crippen molar-refractivity contribution in [3.8, 4) is 0 Å². The molecule has 0 aliphatic carbocycles. The number of aromatic nitrogens is 4. The molecule has 2 N–H and O–H groups in total. The zero-order chi connectivity index (χ0) is 18.1. The van der Waals surface area contributed by atoms with Crippen LogP contribution in [0.3, 0.4) is 0 Å². The van der Waals surface area contributed by atoms with Crippen molar-refractivity contribution < 1.29 is 5.11 Å². The molecule has 8 heteroatoms. The van der Waals surface area contributed by atoms with Crippen LogP contribution >= 0.6 is 0 Å². The molecule has 2 rings (SSSR count). The zero-order valence-corrected chi connectivity index (χ0v) is 15.1. The normalized spacial score (nSPS) is 12.5. The van der Waals surface area contributed by atoms with Gasteiger partial charge in [-0.25, -0.2) is 9.78 Å². The fraction of sp³-hybridized carbons (Fsp3) is 0.688. The van der Waals surface area contributed by atoms with Gasteiger partial charge in [0.15, 0.2) is 11.2 Å². The first kappa shape index (κ1) is 18.4. The van der Waals surface area contributed by atoms with E-state index in [1.165, 1.54) is 4.57 Å². The first-order valence-corrected chi connectivity index (χ1v) is 8.23. The van der Waals surface area contributed by atoms with E-state index in [0.29, 0.717) is 36.6 Å². The van der Waals surface area contributed by atoms with E-state index in [9.17, 15) is 14.7 Å². The lowest BCUT2D eigenvalue weighted by atomic mass is 10.1. The molecule has 2 heterocycles. The van der Waals surface area contributed by atoms with Crippen LogP contribution in [0.25, 0.3) is 11.2 Å². The Morgan fingerprint density at radius 3 is 2.58 bits per heavy atom. The van der Waals surface area contributed by atoms with Crippen LogP contribution in [0.5, 0.6) is 0 Å². The number of unbranched alkanes of at least 4 members (excludes halogenated alkanes) is 1. The predicted molar refractivity (Wildman–Crippen MR) is 93.1 cm³/mol. The molecule has 0 saturated heterocycles. The maximum absolute atomic E-state index is 12.2. The maximum Gasteiger partial charge on any atom is 0.330 e. The van der Waals surface area contributed by atoms with Gasteiger partial charge >= 0.3 is 5.69 Å². The molecule has 0 aliphatic heterocycles. The second kappa shape index (κ2) is 6.90. The van der Waals surface area contributed by atoms with E-state index in [-0.39, 0.29) is 0 Å². The highest BCUT2D eigenvalue weighted by molar-refractivity contribution is 5.70. The number of nitrogens with one attached hydrogen (secondary N) is 1. The molecular weight excluding hydrogens is 310 g/mol. The van der Waals surface area contributed by atoms with Crippen molar-refractivity contribution >= 4 is 11.2 Å². The van der Waals surface area contributed by atoms with Gasteiger partial charge in [0.25, 0.3) is 5.56 Å². The SMILES string of the molecule is CCCCn1c(=O)[nH]c(=O)c2c1nc(CN(C)CC(C)(C)O)n2C. The molecule has 2 aromatic rings. The molecule has 0 aliphatic rings. The van der Waals surface area contributed by atoms with Crippen LogP contribution in [0, 0.1) is 0 Å². The van der Waals surface area contributed by atoms with Gasteiger partial charge in [-0.15, -0.1) is 0 Å². The highest BCUT2D eigenvalue weighted by Crippen LogP contribution is 2.13. The number of likely N-dealkylation sites (N-methyl/N-ethyl adjacent to an activating group) is 1. The molecule has 0 atom stereocenters. The number of nitrogens with zero attached hydrogens (tertiary/aromatic N) is 4. The maximum atomic E-state index is 12.2. The summed E-state index contributed by atoms with van der Waals surface area (Å²) in [5.74, 6) is 0.679. The lowest BCUT2D eigenvalue weighted by molar-refractivity contribution is 0.0416. The summed E-state index contributed by atoms with van der Waals surface area (Å²) in [4.78, 5) is 33.1. The van der Waals surface area contributed by atoms with Crippen LogP contribution < -0.4 is 11.2 Å². The van der Waals surface area contributed by atoms with Gasteiger partial charge in [0.05, 0.1) is 12.1 Å². The summed E-state index contributed by atoms with van der Waals surface area (Å²) >= 11 is 0. The molecule has 8 nitrogen and oxygen atoms in total. The summed E-state index contributed by atoms with van der Waals surface area (Å²) in [6, 6.07) is 0. The molecule has 0 bridgehead atoms. The topological polar surface area (TPSA) is 96.2 Å². The van der Waals surface area contributed by atoms with Crippen molar-refractivity contribution in [2.45, 2.75) is 52.3 Å². The number of imidazole rings is 1. The first-order valence-electron chi connectivity index (χ1n) is 8.23. The minimum Gasteiger partial charge on any atom is -0.389 e. The van der Waals surface area contributed by atoms with Crippen molar-refractivity contribution in [3.63, 3.8) is 0 Å². The third-order valence-corrected chi connectivity index (χ3v) is 3.91. The molecule has 0 unspecified atom stereocenters. The smallest absolute Gasteiger partial charge is 0.330 e. The van der Waals surface area contributed by atoms with Gasteiger partial charge in [-0.1, -0.05) is 13.3 Å². The van der Waals surface area contributed by atoms with Gasteiger partial charge in [0.2, 0.25) is 0 Å². The summed E-state index contributed by atoms with van der Waals surface area (Å²) in [7, 11) is 3.65. The van der Waals surface area contributed by atoms with Gasteiger partial charge in [0.1, 0.15) is 5.82 Å². The molecule has 2 aromatic heterocycles. The van der Waals surface area contributed by atoms with E-state index >= 15 is 0 Å². The highest BCUT2D eigenvalue weighted by Gasteiger charge is 2.20. The van der Waals surface area contributed by atoms with Gasteiger partial charge in [-0.2, -0.15) is 0 Å². The zero-order valence-electron chi connectivity index (χ0n) is 15.1. The standard InChI is InChI=1S/C16H27N5O3/c1-6-7-8-21-13-12(14(22)18-15(21)23)20(5)11(17-13)9-19(4)10-16(2,3)24/h24H,6-10H2,1-5H3,(H,18,22,23). The van der Waals surface area contributed by atoms with E-state index in [0.717, 1.165) is 12.8 Å². The Balaban J connectivity index is 2.47. The van der Waals surface area contributed by atoms with Gasteiger partial charge in [0, 0.05) is 20.1 Å². The van der Waals surface area contributed by atoms with Crippen molar-refractivity contribution in [2.24, 2.45) is 7.05 Å². The Hall–Kier alpha value is -1.93. The molecule has 0 fully saturated rings. The van der Waals surface area contributed by atoms with E-state index < -0.39 is 16.9 Å². The summed E-state index contributed by atoms with van der Waals surface area (Å²) in [5, 5.41) is 9.93. The number of hydrogen-bond acceptors (Lipinski definition) is 5. The van der Waals surface area contributed by atoms with Gasteiger partial charge < -0.3 is 9.67 Å². The lowest BCUT2D eigenvalue weighted by Crippen LogP contribution is -2.36. The molecule has 0 radical (unpaired) electrons. The molecule has 24 heavy (non-hydrogen) atoms. The number of hydrogen-bond donors (Lipinski definition) is 2. The van der Waals surface area contributed by atoms with Crippen molar-refractivity contribution in [3.05, 3.63) is 26.7 Å². The minimum atomic E-state index is -0.819. The third-order valence-electron chi connectivity index (χ3n) is 3.91. The number of fused-ring (bicyclic) bond motifs is 1. The highest BCUT2D eigenvalue weighted by atomic mass is 16.3. The summed E-state index contributed by atoms with van der Waals surface area (Å²) in [5.41, 5.74) is -0.839. The Labute approximate surface area is 140 Å². The van der Waals surface area contributed by atoms with E-state index in [2.05, 4.69) is 9.97 Å². The molecule has 134 valence electrons. The van der Waals surface area contributed by atoms with Crippen molar-refractivity contribution in [1.82, 2.24) is 24.0 Å². The third kappa shape index (κ3) is 3.93. The molecule has 0 saturated carbocycles. The summed E-state index contributed by atoms with van der Waals surface area (Å²) < 4.78 is 3.25. The second-order valence-corrected chi connectivity index (χ2v) is 7.01. The van der Waals surface area contributed by atoms with Crippen LogP contribution in [0.4, 0.5) is 0 Å². The first-order chi connectivity index (χ1) is 11.1. The average molecular weight is 337 g/mol. The Kier molecular flexibility index (Phi) is 5.29. The van der Waals surface area contributed by atoms with E-state index in [1.54, 1.807) is 25.5 Å². The predicted octanol–water partition coefficient (Wildman–Crippen LogP) is 0.426. The van der Waals surface area contributed by atoms with Crippen LogP contribution in [0.15, 0.2) is 9.59 Å². The fourth-order valence-electron chi connectivity index (χ4n) is 2.91. The number of aliphatic hydroxyl groups is 1. The number of aryl methyl sites for hydroxylation is 2. The quantitative estimate of drug-likeness (QED) is 0.764. The second-order valence-electron chi connectivity index (χ2n) is 7.01. The monoisotopic (exact) mass is 337 g/mol. The van der Waals surface area contributed by atoms with E-state index in [1.807, 2.05) is 18.9 Å². The summed E-state index contributed by atoms with van der Waals surface area (Å²) in [6.07, 6.45) is 1.78. The minimum absolute atomic E-state index is 0.400. The van der Waals surface area contributed by atoms with Crippen LogP contribution in [-0.2, 0) is 20.1 Å². The van der Waals surface area contributed by atoms with Crippen LogP contribution in [0.1, 0.15) is 39.4 Å². The van der Waals surface area contributed by atoms with Crippen LogP contribution in [0.2, 0.25) is 0 Å². The Morgan fingerprint density at radius 2 is 2.00 bits per heavy atom. The lowest BCUT2D eigenvalue weighted by Gasteiger charge is -2.24. The summed E-state index contributed by atoms with van der Waals surface area (Å²) in [6.45, 7) is 6.99. The number of aromatic amines is 1. The van der Waals surface area contributed by atoms with Crippen molar-refractivity contribution in [1.29, 1.82) is 0 Å². The Morgan fingerprint density at radius 1 is 1.33 bits per heavy atom. The van der Waals surface area contributed by atoms with Crippen molar-refractivity contribution in [2.75, 3.05) is 13.6 Å². The van der Waals surface area contributed by atoms with Gasteiger partial charge in [-0.3, -0.25) is 19.2 Å². The molecule has 0 spiro atoms. The number of rotatable bonds is 7. The fourth-order valence-corrected chi connectivity index (χ4v) is 2.91. The van der Waals surface area contributed by atoms with E-state index in [4.69, 9.17) is 0 Å². The average Bonchev–Trinajstić information content (AvgIpc) is 2.74. The molecule has 0 amide bonds. The molecular formula is C16H27N5O3. The van der Waals surface area contributed by atoms with Gasteiger partial charge in [-0.05, 0) is 27.3 Å². The number of H-pyrrole nitrogens is 1. The van der Waals surface area contributed by atoms with Crippen LogP contribution in [-0.4, -0.2) is 48.3 Å². The molecule has 0 aromatic carbocycles. The largest absolute Gasteiger partial charge is 0.389 e.